The van der Waals surface area contributed by atoms with Crippen LogP contribution in [0.25, 0.3) is 0 Å². The SMILES string of the molecule is CC(C)(C)NC(=C(C(=O)Nc1ccc(N)cc1)C(=O)Nc1ccc(N)cc1)C(c1ccc(F)cc1)C(C#N)C#N. The molecule has 10 heteroatoms. The molecule has 3 rings (SSSR count). The van der Waals surface area contributed by atoms with Crippen LogP contribution in [0.1, 0.15) is 32.3 Å². The van der Waals surface area contributed by atoms with Gasteiger partial charge in [-0.3, -0.25) is 9.59 Å². The summed E-state index contributed by atoms with van der Waals surface area (Å²) < 4.78 is 13.8. The average molecular weight is 540 g/mol. The second-order valence-electron chi connectivity index (χ2n) is 10.1. The number of allylic oxidation sites excluding steroid dienone is 1. The predicted molar refractivity (Wildman–Crippen MR) is 153 cm³/mol. The lowest BCUT2D eigenvalue weighted by atomic mass is 9.81. The number of nitrogens with one attached hydrogen (secondary N) is 3. The second-order valence-corrected chi connectivity index (χ2v) is 10.1. The summed E-state index contributed by atoms with van der Waals surface area (Å²) in [5, 5.41) is 28.4. The normalized spacial score (nSPS) is 11.5. The first-order valence-electron chi connectivity index (χ1n) is 12.3. The van der Waals surface area contributed by atoms with E-state index >= 15 is 0 Å². The first-order chi connectivity index (χ1) is 18.9. The number of anilines is 4. The highest BCUT2D eigenvalue weighted by Crippen LogP contribution is 2.35. The van der Waals surface area contributed by atoms with Crippen LogP contribution in [0.15, 0.2) is 84.1 Å². The summed E-state index contributed by atoms with van der Waals surface area (Å²) in [6, 6.07) is 21.8. The van der Waals surface area contributed by atoms with Crippen LogP contribution in [0.3, 0.4) is 0 Å². The Morgan fingerprint density at radius 2 is 1.20 bits per heavy atom. The molecule has 0 fully saturated rings. The summed E-state index contributed by atoms with van der Waals surface area (Å²) in [4.78, 5) is 27.7. The minimum absolute atomic E-state index is 0.0214. The molecule has 0 saturated carbocycles. The Kier molecular flexibility index (Phi) is 9.10. The van der Waals surface area contributed by atoms with Crippen molar-refractivity contribution >= 4 is 34.6 Å². The molecule has 7 N–H and O–H groups in total. The smallest absolute Gasteiger partial charge is 0.263 e. The molecule has 9 nitrogen and oxygen atoms in total. The molecule has 204 valence electrons. The van der Waals surface area contributed by atoms with E-state index in [2.05, 4.69) is 16.0 Å². The molecule has 0 aliphatic rings. The van der Waals surface area contributed by atoms with Gasteiger partial charge in [0.2, 0.25) is 0 Å². The zero-order valence-corrected chi connectivity index (χ0v) is 22.3. The lowest BCUT2D eigenvalue weighted by molar-refractivity contribution is -0.118. The number of carbonyl (C=O) groups is 2. The number of carbonyl (C=O) groups excluding carboxylic acids is 2. The van der Waals surface area contributed by atoms with Crippen molar-refractivity contribution in [2.75, 3.05) is 22.1 Å². The fourth-order valence-corrected chi connectivity index (χ4v) is 3.94. The van der Waals surface area contributed by atoms with Gasteiger partial charge in [0, 0.05) is 34.0 Å². The van der Waals surface area contributed by atoms with Gasteiger partial charge >= 0.3 is 0 Å². The van der Waals surface area contributed by atoms with E-state index in [9.17, 15) is 24.5 Å². The molecule has 0 heterocycles. The van der Waals surface area contributed by atoms with Crippen LogP contribution in [-0.2, 0) is 9.59 Å². The van der Waals surface area contributed by atoms with Crippen molar-refractivity contribution in [2.45, 2.75) is 32.2 Å². The molecular weight excluding hydrogens is 509 g/mol. The van der Waals surface area contributed by atoms with Crippen LogP contribution in [0.5, 0.6) is 0 Å². The third-order valence-electron chi connectivity index (χ3n) is 5.72. The zero-order chi connectivity index (χ0) is 29.4. The van der Waals surface area contributed by atoms with Gasteiger partial charge in [0.05, 0.1) is 18.1 Å². The molecule has 1 unspecified atom stereocenters. The summed E-state index contributed by atoms with van der Waals surface area (Å²) in [7, 11) is 0. The number of nitrogen functional groups attached to an aromatic ring is 2. The Morgan fingerprint density at radius 1 is 0.775 bits per heavy atom. The van der Waals surface area contributed by atoms with Gasteiger partial charge in [-0.1, -0.05) is 12.1 Å². The Labute approximate surface area is 232 Å². The molecule has 1 atom stereocenters. The maximum atomic E-state index is 13.9. The highest BCUT2D eigenvalue weighted by molar-refractivity contribution is 6.26. The molecule has 40 heavy (non-hydrogen) atoms. The fourth-order valence-electron chi connectivity index (χ4n) is 3.94. The molecule has 3 aromatic rings. The van der Waals surface area contributed by atoms with Crippen molar-refractivity contribution in [3.8, 4) is 12.1 Å². The van der Waals surface area contributed by atoms with Gasteiger partial charge in [-0.2, -0.15) is 10.5 Å². The standard InChI is InChI=1S/C30H30FN7O2/c1-30(2,3)38-27(25(19(16-32)17-33)18-4-6-20(31)7-5-18)26(28(39)36-23-12-8-21(34)9-13-23)29(40)37-24-14-10-22(35)11-15-24/h4-15,19,25,38H,34-35H2,1-3H3,(H,36,39)(H,37,40). The summed E-state index contributed by atoms with van der Waals surface area (Å²) in [5.41, 5.74) is 12.5. The second kappa shape index (κ2) is 12.5. The van der Waals surface area contributed by atoms with E-state index in [4.69, 9.17) is 11.5 Å². The van der Waals surface area contributed by atoms with Gasteiger partial charge in [-0.05, 0) is 87.0 Å². The number of nitriles is 2. The van der Waals surface area contributed by atoms with Gasteiger partial charge < -0.3 is 27.4 Å². The Bertz CT molecular complexity index is 1400. The molecule has 0 aliphatic heterocycles. The Balaban J connectivity index is 2.29. The highest BCUT2D eigenvalue weighted by atomic mass is 19.1. The van der Waals surface area contributed by atoms with E-state index in [1.807, 2.05) is 12.1 Å². The lowest BCUT2D eigenvalue weighted by Crippen LogP contribution is -2.42. The third-order valence-corrected chi connectivity index (χ3v) is 5.72. The van der Waals surface area contributed by atoms with E-state index in [1.54, 1.807) is 69.3 Å². The topological polar surface area (TPSA) is 170 Å². The Morgan fingerprint density at radius 3 is 1.57 bits per heavy atom. The molecule has 3 aromatic carbocycles. The van der Waals surface area contributed by atoms with E-state index in [0.29, 0.717) is 28.3 Å². The number of benzene rings is 3. The first-order valence-corrected chi connectivity index (χ1v) is 12.3. The average Bonchev–Trinajstić information content (AvgIpc) is 2.89. The van der Waals surface area contributed by atoms with E-state index in [1.165, 1.54) is 24.3 Å². The molecule has 0 bridgehead atoms. The predicted octanol–water partition coefficient (Wildman–Crippen LogP) is 4.66. The van der Waals surface area contributed by atoms with Crippen LogP contribution in [-0.4, -0.2) is 17.4 Å². The molecule has 2 amide bonds. The number of hydrogen-bond donors (Lipinski definition) is 5. The summed E-state index contributed by atoms with van der Waals surface area (Å²) in [6.07, 6.45) is 0. The number of halogens is 1. The molecule has 0 saturated heterocycles. The lowest BCUT2D eigenvalue weighted by Gasteiger charge is -2.32. The maximum absolute atomic E-state index is 13.9. The van der Waals surface area contributed by atoms with Gasteiger partial charge in [0.25, 0.3) is 11.8 Å². The van der Waals surface area contributed by atoms with Gasteiger partial charge in [-0.15, -0.1) is 0 Å². The van der Waals surface area contributed by atoms with Crippen LogP contribution < -0.4 is 27.4 Å². The monoisotopic (exact) mass is 539 g/mol. The van der Waals surface area contributed by atoms with Crippen molar-refractivity contribution in [3.63, 3.8) is 0 Å². The number of nitrogens with zero attached hydrogens (tertiary/aromatic N) is 2. The third kappa shape index (κ3) is 7.59. The number of nitrogens with two attached hydrogens (primary N) is 2. The van der Waals surface area contributed by atoms with Crippen molar-refractivity contribution in [3.05, 3.63) is 95.4 Å². The van der Waals surface area contributed by atoms with Crippen LogP contribution in [0.2, 0.25) is 0 Å². The summed E-state index contributed by atoms with van der Waals surface area (Å²) in [6.45, 7) is 5.40. The minimum Gasteiger partial charge on any atom is -0.399 e. The van der Waals surface area contributed by atoms with E-state index < -0.39 is 35.0 Å². The van der Waals surface area contributed by atoms with Crippen molar-refractivity contribution < 1.29 is 14.0 Å². The highest BCUT2D eigenvalue weighted by Gasteiger charge is 2.36. The molecule has 0 spiro atoms. The van der Waals surface area contributed by atoms with Gasteiger partial charge in [0.15, 0.2) is 0 Å². The summed E-state index contributed by atoms with van der Waals surface area (Å²) >= 11 is 0. The molecular formula is C30H30FN7O2. The number of amides is 2. The minimum atomic E-state index is -1.33. The maximum Gasteiger partial charge on any atom is 0.263 e. The number of rotatable bonds is 8. The Hall–Kier alpha value is -5.35. The summed E-state index contributed by atoms with van der Waals surface area (Å²) in [5.74, 6) is -4.57. The first kappa shape index (κ1) is 29.2. The van der Waals surface area contributed by atoms with Crippen molar-refractivity contribution in [1.82, 2.24) is 5.32 Å². The van der Waals surface area contributed by atoms with Crippen molar-refractivity contribution in [1.29, 1.82) is 10.5 Å². The van der Waals surface area contributed by atoms with Crippen LogP contribution >= 0.6 is 0 Å². The molecule has 0 aromatic heterocycles. The number of hydrogen-bond acceptors (Lipinski definition) is 7. The van der Waals surface area contributed by atoms with E-state index in [-0.39, 0.29) is 11.3 Å². The van der Waals surface area contributed by atoms with E-state index in [0.717, 1.165) is 0 Å². The molecule has 0 aliphatic carbocycles. The van der Waals surface area contributed by atoms with Crippen LogP contribution in [0.4, 0.5) is 27.1 Å². The van der Waals surface area contributed by atoms with Gasteiger partial charge in [-0.25, -0.2) is 4.39 Å². The molecule has 0 radical (unpaired) electrons. The van der Waals surface area contributed by atoms with Crippen LogP contribution in [0, 0.1) is 34.4 Å². The quantitative estimate of drug-likeness (QED) is 0.120. The van der Waals surface area contributed by atoms with Gasteiger partial charge in [0.1, 0.15) is 17.3 Å². The zero-order valence-electron chi connectivity index (χ0n) is 22.3. The largest absolute Gasteiger partial charge is 0.399 e. The van der Waals surface area contributed by atoms with Crippen molar-refractivity contribution in [2.24, 2.45) is 5.92 Å². The fraction of sp³-hybridized carbons (Fsp3) is 0.200.